The van der Waals surface area contributed by atoms with Crippen LogP contribution in [-0.4, -0.2) is 73.3 Å². The summed E-state index contributed by atoms with van der Waals surface area (Å²) in [5.74, 6) is 0.876. The summed E-state index contributed by atoms with van der Waals surface area (Å²) >= 11 is 1.84. The molecule has 0 aromatic heterocycles. The molecule has 3 nitrogen and oxygen atoms in total. The summed E-state index contributed by atoms with van der Waals surface area (Å²) in [6.07, 6.45) is 7.66. The van der Waals surface area contributed by atoms with Gasteiger partial charge in [-0.05, 0) is 95.3 Å². The van der Waals surface area contributed by atoms with Crippen molar-refractivity contribution in [3.05, 3.63) is 29.8 Å². The molecular formula is C22H37N3S. The molecule has 0 bridgehead atoms. The molecule has 146 valence electrons. The molecule has 0 saturated carbocycles. The van der Waals surface area contributed by atoms with Crippen LogP contribution in [0.25, 0.3) is 0 Å². The fraction of sp³-hybridized carbons (Fsp3) is 0.727. The van der Waals surface area contributed by atoms with Gasteiger partial charge in [-0.25, -0.2) is 0 Å². The normalized spacial score (nSPS) is 21.5. The van der Waals surface area contributed by atoms with Crippen molar-refractivity contribution in [1.82, 2.24) is 14.7 Å². The van der Waals surface area contributed by atoms with Crippen molar-refractivity contribution in [2.45, 2.75) is 50.1 Å². The van der Waals surface area contributed by atoms with E-state index in [2.05, 4.69) is 59.2 Å². The Morgan fingerprint density at radius 3 is 2.46 bits per heavy atom. The Kier molecular flexibility index (Phi) is 7.86. The first kappa shape index (κ1) is 20.2. The van der Waals surface area contributed by atoms with E-state index < -0.39 is 0 Å². The minimum Gasteiger partial charge on any atom is -0.306 e. The largest absolute Gasteiger partial charge is 0.306 e. The SMILES string of the molecule is CCN(Cc1cccc(SC)c1)CC1CCN(C2CCN(C)CC2)CC1. The second kappa shape index (κ2) is 10.1. The van der Waals surface area contributed by atoms with Gasteiger partial charge in [0, 0.05) is 24.0 Å². The Morgan fingerprint density at radius 2 is 1.81 bits per heavy atom. The number of hydrogen-bond donors (Lipinski definition) is 0. The first-order chi connectivity index (χ1) is 12.7. The summed E-state index contributed by atoms with van der Waals surface area (Å²) in [7, 11) is 2.26. The molecule has 1 aromatic carbocycles. The predicted molar refractivity (Wildman–Crippen MR) is 114 cm³/mol. The first-order valence-electron chi connectivity index (χ1n) is 10.5. The maximum Gasteiger partial charge on any atom is 0.0234 e. The zero-order chi connectivity index (χ0) is 18.4. The summed E-state index contributed by atoms with van der Waals surface area (Å²) in [5, 5.41) is 0. The Hall–Kier alpha value is -0.550. The third-order valence-electron chi connectivity index (χ3n) is 6.36. The first-order valence-corrected chi connectivity index (χ1v) is 11.7. The van der Waals surface area contributed by atoms with Crippen molar-refractivity contribution in [3.8, 4) is 0 Å². The number of likely N-dealkylation sites (tertiary alicyclic amines) is 2. The lowest BCUT2D eigenvalue weighted by Gasteiger charge is -2.41. The predicted octanol–water partition coefficient (Wildman–Crippen LogP) is 4.04. The van der Waals surface area contributed by atoms with Gasteiger partial charge in [0.2, 0.25) is 0 Å². The molecule has 1 aromatic rings. The van der Waals surface area contributed by atoms with Crippen molar-refractivity contribution in [1.29, 1.82) is 0 Å². The van der Waals surface area contributed by atoms with Crippen LogP contribution in [0.4, 0.5) is 0 Å². The van der Waals surface area contributed by atoms with Crippen LogP contribution in [0, 0.1) is 5.92 Å². The molecule has 2 fully saturated rings. The quantitative estimate of drug-likeness (QED) is 0.665. The third kappa shape index (κ3) is 5.72. The van der Waals surface area contributed by atoms with E-state index in [9.17, 15) is 0 Å². The van der Waals surface area contributed by atoms with Crippen molar-refractivity contribution < 1.29 is 0 Å². The van der Waals surface area contributed by atoms with E-state index in [4.69, 9.17) is 0 Å². The third-order valence-corrected chi connectivity index (χ3v) is 7.08. The smallest absolute Gasteiger partial charge is 0.0234 e. The molecule has 0 aliphatic carbocycles. The topological polar surface area (TPSA) is 9.72 Å². The molecule has 26 heavy (non-hydrogen) atoms. The molecule has 2 aliphatic heterocycles. The van der Waals surface area contributed by atoms with E-state index in [0.29, 0.717) is 0 Å². The van der Waals surface area contributed by atoms with E-state index >= 15 is 0 Å². The summed E-state index contributed by atoms with van der Waals surface area (Å²) < 4.78 is 0. The Morgan fingerprint density at radius 1 is 1.08 bits per heavy atom. The maximum absolute atomic E-state index is 2.79. The second-order valence-electron chi connectivity index (χ2n) is 8.19. The van der Waals surface area contributed by atoms with Crippen LogP contribution in [-0.2, 0) is 6.54 Å². The highest BCUT2D eigenvalue weighted by atomic mass is 32.2. The van der Waals surface area contributed by atoms with E-state index in [-0.39, 0.29) is 0 Å². The molecular weight excluding hydrogens is 338 g/mol. The van der Waals surface area contributed by atoms with Gasteiger partial charge in [0.1, 0.15) is 0 Å². The average molecular weight is 376 g/mol. The Balaban J connectivity index is 1.45. The van der Waals surface area contributed by atoms with Crippen LogP contribution in [0.3, 0.4) is 0 Å². The summed E-state index contributed by atoms with van der Waals surface area (Å²) in [6.45, 7) is 11.0. The van der Waals surface area contributed by atoms with Gasteiger partial charge in [0.25, 0.3) is 0 Å². The number of benzene rings is 1. The molecule has 2 aliphatic rings. The fourth-order valence-corrected chi connectivity index (χ4v) is 5.04. The number of thioether (sulfide) groups is 1. The minimum absolute atomic E-state index is 0.851. The molecule has 0 N–H and O–H groups in total. The highest BCUT2D eigenvalue weighted by molar-refractivity contribution is 7.98. The maximum atomic E-state index is 2.79. The summed E-state index contributed by atoms with van der Waals surface area (Å²) in [5.41, 5.74) is 1.46. The van der Waals surface area contributed by atoms with Crippen LogP contribution in [0.1, 0.15) is 38.2 Å². The summed E-state index contributed by atoms with van der Waals surface area (Å²) in [6, 6.07) is 9.91. The number of hydrogen-bond acceptors (Lipinski definition) is 4. The summed E-state index contributed by atoms with van der Waals surface area (Å²) in [4.78, 5) is 9.30. The fourth-order valence-electron chi connectivity index (χ4n) is 4.56. The van der Waals surface area contributed by atoms with Crippen LogP contribution in [0.5, 0.6) is 0 Å². The van der Waals surface area contributed by atoms with Gasteiger partial charge >= 0.3 is 0 Å². The molecule has 0 atom stereocenters. The van der Waals surface area contributed by atoms with Crippen LogP contribution >= 0.6 is 11.8 Å². The van der Waals surface area contributed by atoms with E-state index in [0.717, 1.165) is 25.0 Å². The lowest BCUT2D eigenvalue weighted by Crippen LogP contribution is -2.47. The van der Waals surface area contributed by atoms with Gasteiger partial charge in [0.05, 0.1) is 0 Å². The Labute approximate surface area is 165 Å². The molecule has 0 spiro atoms. The van der Waals surface area contributed by atoms with E-state index in [1.54, 1.807) is 0 Å². The van der Waals surface area contributed by atoms with Crippen molar-refractivity contribution in [2.75, 3.05) is 52.6 Å². The molecule has 4 heteroatoms. The monoisotopic (exact) mass is 375 g/mol. The van der Waals surface area contributed by atoms with Gasteiger partial charge in [-0.15, -0.1) is 11.8 Å². The number of nitrogens with zero attached hydrogens (tertiary/aromatic N) is 3. The highest BCUT2D eigenvalue weighted by Gasteiger charge is 2.27. The van der Waals surface area contributed by atoms with Gasteiger partial charge in [0.15, 0.2) is 0 Å². The number of rotatable bonds is 7. The molecule has 3 rings (SSSR count). The molecule has 2 saturated heterocycles. The zero-order valence-electron chi connectivity index (χ0n) is 17.0. The van der Waals surface area contributed by atoms with Gasteiger partial charge in [-0.1, -0.05) is 19.1 Å². The molecule has 2 heterocycles. The van der Waals surface area contributed by atoms with E-state index in [1.807, 2.05) is 11.8 Å². The standard InChI is InChI=1S/C22H37N3S/c1-4-24(18-20-6-5-7-22(16-20)26-3)17-19-8-14-25(15-9-19)21-10-12-23(2)13-11-21/h5-7,16,19,21H,4,8-15,17-18H2,1-3H3. The molecule has 0 amide bonds. The van der Waals surface area contributed by atoms with Gasteiger partial charge in [-0.2, -0.15) is 0 Å². The van der Waals surface area contributed by atoms with Gasteiger partial charge in [-0.3, -0.25) is 4.90 Å². The van der Waals surface area contributed by atoms with E-state index in [1.165, 1.54) is 68.9 Å². The lowest BCUT2D eigenvalue weighted by atomic mass is 9.93. The molecule has 0 unspecified atom stereocenters. The second-order valence-corrected chi connectivity index (χ2v) is 9.07. The number of piperidine rings is 2. The van der Waals surface area contributed by atoms with Crippen molar-refractivity contribution >= 4 is 11.8 Å². The minimum atomic E-state index is 0.851. The van der Waals surface area contributed by atoms with Crippen LogP contribution in [0.15, 0.2) is 29.2 Å². The highest BCUT2D eigenvalue weighted by Crippen LogP contribution is 2.25. The Bertz CT molecular complexity index is 534. The van der Waals surface area contributed by atoms with Crippen LogP contribution < -0.4 is 0 Å². The molecule has 0 radical (unpaired) electrons. The zero-order valence-corrected chi connectivity index (χ0v) is 17.8. The van der Waals surface area contributed by atoms with Crippen molar-refractivity contribution in [2.24, 2.45) is 5.92 Å². The lowest BCUT2D eigenvalue weighted by molar-refractivity contribution is 0.0746. The van der Waals surface area contributed by atoms with Crippen LogP contribution in [0.2, 0.25) is 0 Å². The van der Waals surface area contributed by atoms with Crippen molar-refractivity contribution in [3.63, 3.8) is 0 Å². The average Bonchev–Trinajstić information content (AvgIpc) is 2.69. The van der Waals surface area contributed by atoms with Gasteiger partial charge < -0.3 is 9.80 Å².